The van der Waals surface area contributed by atoms with Crippen molar-refractivity contribution in [2.45, 2.75) is 38.1 Å². The topological polar surface area (TPSA) is 73.4 Å². The highest BCUT2D eigenvalue weighted by molar-refractivity contribution is 6.05. The number of amidine groups is 1. The maximum Gasteiger partial charge on any atom is 0.132 e. The van der Waals surface area contributed by atoms with Gasteiger partial charge in [0.15, 0.2) is 0 Å². The van der Waals surface area contributed by atoms with Crippen LogP contribution >= 0.6 is 0 Å². The van der Waals surface area contributed by atoms with Crippen LogP contribution in [0.1, 0.15) is 48.7 Å². The van der Waals surface area contributed by atoms with Crippen molar-refractivity contribution in [3.8, 4) is 22.8 Å². The lowest BCUT2D eigenvalue weighted by molar-refractivity contribution is 0.483. The number of para-hydroxylation sites is 1. The van der Waals surface area contributed by atoms with Crippen LogP contribution in [-0.2, 0) is 6.54 Å². The molecule has 1 aliphatic heterocycles. The van der Waals surface area contributed by atoms with Crippen LogP contribution in [-0.4, -0.2) is 15.8 Å². The Kier molecular flexibility index (Phi) is 4.28. The zero-order valence-electron chi connectivity index (χ0n) is 15.6. The van der Waals surface area contributed by atoms with E-state index in [2.05, 4.69) is 4.99 Å². The highest BCUT2D eigenvalue weighted by Gasteiger charge is 2.27. The van der Waals surface area contributed by atoms with E-state index in [1.165, 1.54) is 25.7 Å². The molecule has 140 valence electrons. The van der Waals surface area contributed by atoms with Gasteiger partial charge in [0.2, 0.25) is 0 Å². The fraction of sp³-hybridized carbons (Fsp3) is 0.261. The van der Waals surface area contributed by atoms with Crippen LogP contribution in [0.25, 0.3) is 11.3 Å². The number of aliphatic imine (C=N–C) groups is 1. The summed E-state index contributed by atoms with van der Waals surface area (Å²) in [5.74, 6) is 3.54. The van der Waals surface area contributed by atoms with Gasteiger partial charge in [-0.1, -0.05) is 31.0 Å². The van der Waals surface area contributed by atoms with Gasteiger partial charge in [0.1, 0.15) is 23.2 Å². The Labute approximate surface area is 164 Å². The van der Waals surface area contributed by atoms with Gasteiger partial charge in [0.05, 0.1) is 23.5 Å². The van der Waals surface area contributed by atoms with Gasteiger partial charge >= 0.3 is 0 Å². The van der Waals surface area contributed by atoms with Crippen molar-refractivity contribution >= 4 is 5.84 Å². The third-order valence-corrected chi connectivity index (χ3v) is 5.48. The van der Waals surface area contributed by atoms with Crippen molar-refractivity contribution in [3.63, 3.8) is 0 Å². The second kappa shape index (κ2) is 7.08. The number of hydrogen-bond acceptors (Lipinski definition) is 5. The van der Waals surface area contributed by atoms with Gasteiger partial charge in [0.25, 0.3) is 0 Å². The molecule has 1 fully saturated rings. The summed E-state index contributed by atoms with van der Waals surface area (Å²) < 4.78 is 5.91. The molecule has 0 amide bonds. The minimum Gasteiger partial charge on any atom is -0.457 e. The Bertz CT molecular complexity index is 1020. The first kappa shape index (κ1) is 16.9. The normalized spacial score (nSPS) is 16.1. The van der Waals surface area contributed by atoms with Gasteiger partial charge in [-0.3, -0.25) is 4.99 Å². The SMILES string of the molecule is NC1=NCc2nc(C3CCCC3)nc(-c3ccc(Oc4ccccc4)cc3)c21. The molecular formula is C23H22N4O. The average Bonchev–Trinajstić information content (AvgIpc) is 3.39. The predicted octanol–water partition coefficient (Wildman–Crippen LogP) is 4.81. The highest BCUT2D eigenvalue weighted by atomic mass is 16.5. The second-order valence-electron chi connectivity index (χ2n) is 7.37. The molecule has 3 aromatic rings. The molecule has 1 aromatic heterocycles. The Balaban J connectivity index is 1.50. The summed E-state index contributed by atoms with van der Waals surface area (Å²) in [7, 11) is 0. The van der Waals surface area contributed by atoms with Crippen LogP contribution in [0.3, 0.4) is 0 Å². The molecule has 5 nitrogen and oxygen atoms in total. The summed E-state index contributed by atoms with van der Waals surface area (Å²) in [6.07, 6.45) is 4.84. The van der Waals surface area contributed by atoms with E-state index in [-0.39, 0.29) is 0 Å². The van der Waals surface area contributed by atoms with E-state index in [1.807, 2.05) is 54.6 Å². The number of ether oxygens (including phenoxy) is 1. The van der Waals surface area contributed by atoms with Gasteiger partial charge in [-0.05, 0) is 49.2 Å². The summed E-state index contributed by atoms with van der Waals surface area (Å²) in [6.45, 7) is 0.547. The second-order valence-corrected chi connectivity index (χ2v) is 7.37. The van der Waals surface area contributed by atoms with E-state index in [0.29, 0.717) is 18.3 Å². The molecule has 1 saturated carbocycles. The van der Waals surface area contributed by atoms with E-state index in [9.17, 15) is 0 Å². The van der Waals surface area contributed by atoms with Crippen molar-refractivity contribution in [1.82, 2.24) is 9.97 Å². The van der Waals surface area contributed by atoms with Gasteiger partial charge in [-0.25, -0.2) is 9.97 Å². The quantitative estimate of drug-likeness (QED) is 0.715. The fourth-order valence-corrected chi connectivity index (χ4v) is 4.03. The largest absolute Gasteiger partial charge is 0.457 e. The monoisotopic (exact) mass is 370 g/mol. The molecular weight excluding hydrogens is 348 g/mol. The third-order valence-electron chi connectivity index (χ3n) is 5.48. The standard InChI is InChI=1S/C23H22N4O/c24-22-20-19(14-25-22)26-23(16-6-4-5-7-16)27-21(20)15-10-12-18(13-11-15)28-17-8-2-1-3-9-17/h1-3,8-13,16H,4-7,14H2,(H2,24,25). The zero-order valence-corrected chi connectivity index (χ0v) is 15.6. The lowest BCUT2D eigenvalue weighted by Gasteiger charge is -2.14. The van der Waals surface area contributed by atoms with Gasteiger partial charge in [0, 0.05) is 11.5 Å². The van der Waals surface area contributed by atoms with Crippen LogP contribution in [0.4, 0.5) is 0 Å². The maximum absolute atomic E-state index is 6.17. The van der Waals surface area contributed by atoms with E-state index < -0.39 is 0 Å². The average molecular weight is 370 g/mol. The molecule has 2 N–H and O–H groups in total. The smallest absolute Gasteiger partial charge is 0.132 e. The maximum atomic E-state index is 6.17. The van der Waals surface area contributed by atoms with Gasteiger partial charge in [-0.15, -0.1) is 0 Å². The molecule has 2 heterocycles. The first-order chi connectivity index (χ1) is 13.8. The van der Waals surface area contributed by atoms with Crippen molar-refractivity contribution in [2.75, 3.05) is 0 Å². The van der Waals surface area contributed by atoms with Crippen LogP contribution in [0, 0.1) is 0 Å². The summed E-state index contributed by atoms with van der Waals surface area (Å²) in [5, 5.41) is 0. The van der Waals surface area contributed by atoms with Crippen molar-refractivity contribution in [2.24, 2.45) is 10.7 Å². The van der Waals surface area contributed by atoms with Crippen LogP contribution in [0.5, 0.6) is 11.5 Å². The molecule has 28 heavy (non-hydrogen) atoms. The predicted molar refractivity (Wildman–Crippen MR) is 110 cm³/mol. The molecule has 1 aliphatic carbocycles. The number of benzene rings is 2. The number of aromatic nitrogens is 2. The molecule has 5 rings (SSSR count). The molecule has 0 radical (unpaired) electrons. The Morgan fingerprint density at radius 1 is 0.857 bits per heavy atom. The zero-order chi connectivity index (χ0) is 18.9. The molecule has 0 bridgehead atoms. The lowest BCUT2D eigenvalue weighted by atomic mass is 10.0. The molecule has 0 unspecified atom stereocenters. The minimum absolute atomic E-state index is 0.451. The first-order valence-corrected chi connectivity index (χ1v) is 9.82. The van der Waals surface area contributed by atoms with Crippen LogP contribution < -0.4 is 10.5 Å². The van der Waals surface area contributed by atoms with Crippen molar-refractivity contribution in [1.29, 1.82) is 0 Å². The van der Waals surface area contributed by atoms with E-state index in [0.717, 1.165) is 39.8 Å². The van der Waals surface area contributed by atoms with Gasteiger partial charge < -0.3 is 10.5 Å². The molecule has 0 atom stereocenters. The number of nitrogens with zero attached hydrogens (tertiary/aromatic N) is 3. The third kappa shape index (κ3) is 3.13. The Hall–Kier alpha value is -3.21. The summed E-state index contributed by atoms with van der Waals surface area (Å²) in [4.78, 5) is 14.2. The first-order valence-electron chi connectivity index (χ1n) is 9.82. The number of nitrogens with two attached hydrogens (primary N) is 1. The fourth-order valence-electron chi connectivity index (χ4n) is 4.03. The van der Waals surface area contributed by atoms with E-state index >= 15 is 0 Å². The minimum atomic E-state index is 0.451. The lowest BCUT2D eigenvalue weighted by Crippen LogP contribution is -2.15. The molecule has 0 spiro atoms. The summed E-state index contributed by atoms with van der Waals surface area (Å²) in [5.41, 5.74) is 9.90. The van der Waals surface area contributed by atoms with Gasteiger partial charge in [-0.2, -0.15) is 0 Å². The van der Waals surface area contributed by atoms with Crippen LogP contribution in [0.2, 0.25) is 0 Å². The molecule has 5 heteroatoms. The highest BCUT2D eigenvalue weighted by Crippen LogP contribution is 2.36. The molecule has 2 aromatic carbocycles. The molecule has 2 aliphatic rings. The Morgan fingerprint density at radius 3 is 2.32 bits per heavy atom. The molecule has 0 saturated heterocycles. The summed E-state index contributed by atoms with van der Waals surface area (Å²) >= 11 is 0. The number of hydrogen-bond donors (Lipinski definition) is 1. The van der Waals surface area contributed by atoms with E-state index in [1.54, 1.807) is 0 Å². The van der Waals surface area contributed by atoms with Crippen LogP contribution in [0.15, 0.2) is 59.6 Å². The number of rotatable bonds is 4. The van der Waals surface area contributed by atoms with E-state index in [4.69, 9.17) is 20.4 Å². The van der Waals surface area contributed by atoms with Crippen molar-refractivity contribution in [3.05, 3.63) is 71.7 Å². The van der Waals surface area contributed by atoms with Crippen molar-refractivity contribution < 1.29 is 4.74 Å². The number of fused-ring (bicyclic) bond motifs is 1. The Morgan fingerprint density at radius 2 is 1.57 bits per heavy atom. The summed E-state index contributed by atoms with van der Waals surface area (Å²) in [6, 6.07) is 17.8.